The second kappa shape index (κ2) is 18.4. The molecule has 2 aromatic carbocycles. The van der Waals surface area contributed by atoms with Gasteiger partial charge in [0, 0.05) is 58.8 Å². The predicted molar refractivity (Wildman–Crippen MR) is 210 cm³/mol. The SMILES string of the molecule is CC1(C)C(/C=C/C=C/C=C2/N(CCCS(=O)(=O)O)c3ccc(SOOO)cc3C2(C)CCCS(=O)(=O)O)=[N+](CCCCCC(=O)O)c2ccc(S(=O)(=O)O)cc21. The predicted octanol–water partition coefficient (Wildman–Crippen LogP) is 6.10. The van der Waals surface area contributed by atoms with Crippen LogP contribution in [0.5, 0.6) is 0 Å². The van der Waals surface area contributed by atoms with Gasteiger partial charge >= 0.3 is 5.97 Å². The summed E-state index contributed by atoms with van der Waals surface area (Å²) in [5.74, 6) is -1.88. The molecule has 0 spiro atoms. The van der Waals surface area contributed by atoms with Crippen molar-refractivity contribution < 1.29 is 68.0 Å². The molecule has 308 valence electrons. The summed E-state index contributed by atoms with van der Waals surface area (Å²) in [5, 5.41) is 21.5. The van der Waals surface area contributed by atoms with Gasteiger partial charge in [-0.15, -0.1) is 4.33 Å². The molecule has 1 unspecified atom stereocenters. The fourth-order valence-corrected chi connectivity index (χ4v) is 9.20. The maximum atomic E-state index is 12.0. The van der Waals surface area contributed by atoms with E-state index in [0.29, 0.717) is 47.7 Å². The molecule has 0 radical (unpaired) electrons. The minimum atomic E-state index is -4.47. The minimum absolute atomic E-state index is 0.0480. The Labute approximate surface area is 331 Å². The van der Waals surface area contributed by atoms with E-state index >= 15 is 0 Å². The van der Waals surface area contributed by atoms with Gasteiger partial charge < -0.3 is 10.0 Å². The van der Waals surface area contributed by atoms with Crippen molar-refractivity contribution in [2.45, 2.75) is 86.3 Å². The molecule has 0 fully saturated rings. The Morgan fingerprint density at radius 1 is 0.857 bits per heavy atom. The molecule has 2 aromatic rings. The first kappa shape index (κ1) is 45.3. The number of carboxylic acids is 1. The molecule has 16 nitrogen and oxygen atoms in total. The summed E-state index contributed by atoms with van der Waals surface area (Å²) in [6, 6.07) is 9.65. The average Bonchev–Trinajstić information content (AvgIpc) is 3.44. The molecule has 5 N–H and O–H groups in total. The van der Waals surface area contributed by atoms with Crippen LogP contribution in [0.15, 0.2) is 82.3 Å². The zero-order chi connectivity index (χ0) is 41.5. The topological polar surface area (TPSA) is 245 Å². The first-order valence-electron chi connectivity index (χ1n) is 17.6. The van der Waals surface area contributed by atoms with E-state index in [-0.39, 0.29) is 37.1 Å². The van der Waals surface area contributed by atoms with Crippen LogP contribution in [-0.4, -0.2) is 90.1 Å². The third-order valence-corrected chi connectivity index (χ3v) is 12.9. The quantitative estimate of drug-likeness (QED) is 0.0181. The number of hydrogen-bond donors (Lipinski definition) is 5. The molecule has 1 atom stereocenters. The van der Waals surface area contributed by atoms with Crippen molar-refractivity contribution in [2.24, 2.45) is 0 Å². The normalized spacial score (nSPS) is 19.1. The van der Waals surface area contributed by atoms with Crippen LogP contribution in [0.25, 0.3) is 0 Å². The van der Waals surface area contributed by atoms with Crippen LogP contribution in [-0.2, 0) is 55.4 Å². The molecular weight excluding hydrogens is 813 g/mol. The zero-order valence-corrected chi connectivity index (χ0v) is 34.3. The lowest BCUT2D eigenvalue weighted by molar-refractivity contribution is -0.438. The summed E-state index contributed by atoms with van der Waals surface area (Å²) in [6.45, 7) is 6.42. The highest BCUT2D eigenvalue weighted by Crippen LogP contribution is 2.51. The zero-order valence-electron chi connectivity index (χ0n) is 31.1. The molecule has 2 heterocycles. The Bertz CT molecular complexity index is 2250. The van der Waals surface area contributed by atoms with E-state index in [0.717, 1.165) is 29.0 Å². The van der Waals surface area contributed by atoms with Crippen molar-refractivity contribution >= 4 is 65.5 Å². The van der Waals surface area contributed by atoms with E-state index in [1.807, 2.05) is 42.4 Å². The molecule has 0 aromatic heterocycles. The number of hydrogen-bond acceptors (Lipinski definition) is 12. The van der Waals surface area contributed by atoms with Crippen molar-refractivity contribution in [3.63, 3.8) is 0 Å². The molecule has 0 saturated heterocycles. The van der Waals surface area contributed by atoms with Crippen molar-refractivity contribution in [1.29, 1.82) is 0 Å². The smallest absolute Gasteiger partial charge is 0.303 e. The maximum Gasteiger partial charge on any atom is 0.303 e. The third-order valence-electron chi connectivity index (χ3n) is 9.90. The number of unbranched alkanes of at least 4 members (excludes halogenated alkanes) is 2. The first-order valence-corrected chi connectivity index (χ1v) is 23.0. The van der Waals surface area contributed by atoms with Crippen molar-refractivity contribution in [1.82, 2.24) is 0 Å². The number of fused-ring (bicyclic) bond motifs is 2. The van der Waals surface area contributed by atoms with Gasteiger partial charge in [-0.05, 0) is 94.8 Å². The second-order valence-corrected chi connectivity index (χ2v) is 19.6. The van der Waals surface area contributed by atoms with Gasteiger partial charge in [0.1, 0.15) is 6.54 Å². The van der Waals surface area contributed by atoms with Gasteiger partial charge in [0.25, 0.3) is 30.4 Å². The van der Waals surface area contributed by atoms with Crippen LogP contribution >= 0.6 is 12.0 Å². The lowest BCUT2D eigenvalue weighted by Gasteiger charge is -2.30. The lowest BCUT2D eigenvalue weighted by Crippen LogP contribution is -2.30. The molecule has 2 aliphatic rings. The molecule has 4 rings (SSSR count). The minimum Gasteiger partial charge on any atom is -0.481 e. The van der Waals surface area contributed by atoms with Gasteiger partial charge in [0.2, 0.25) is 5.69 Å². The van der Waals surface area contributed by atoms with Crippen LogP contribution in [0.3, 0.4) is 0 Å². The molecule has 2 aliphatic heterocycles. The van der Waals surface area contributed by atoms with E-state index in [9.17, 15) is 43.7 Å². The van der Waals surface area contributed by atoms with Crippen LogP contribution in [0.2, 0.25) is 0 Å². The summed E-state index contributed by atoms with van der Waals surface area (Å²) < 4.78 is 106. The fourth-order valence-electron chi connectivity index (χ4n) is 7.29. The van der Waals surface area contributed by atoms with Gasteiger partial charge in [0.15, 0.2) is 5.71 Å². The van der Waals surface area contributed by atoms with Crippen LogP contribution < -0.4 is 4.90 Å². The number of carboxylic acid groups (broad SMARTS) is 1. The highest BCUT2D eigenvalue weighted by Gasteiger charge is 2.45. The molecule has 0 bridgehead atoms. The van der Waals surface area contributed by atoms with E-state index in [1.165, 1.54) is 12.1 Å². The van der Waals surface area contributed by atoms with E-state index < -0.39 is 58.7 Å². The summed E-state index contributed by atoms with van der Waals surface area (Å²) in [4.78, 5) is 13.2. The molecular formula is C36H47N2O14S4+. The van der Waals surface area contributed by atoms with E-state index in [1.54, 1.807) is 42.5 Å². The van der Waals surface area contributed by atoms with Crippen molar-refractivity contribution in [2.75, 3.05) is 29.5 Å². The first-order chi connectivity index (χ1) is 26.1. The van der Waals surface area contributed by atoms with Gasteiger partial charge in [-0.25, -0.2) is 5.26 Å². The summed E-state index contributed by atoms with van der Waals surface area (Å²) in [6.07, 6.45) is 11.2. The molecule has 0 saturated carbocycles. The lowest BCUT2D eigenvalue weighted by atomic mass is 9.77. The molecule has 0 amide bonds. The van der Waals surface area contributed by atoms with E-state index in [4.69, 9.17) is 10.4 Å². The standard InChI is InChI=1S/C36H46N2O14S4/c1-35(2)28-25-27(56(48,49)50)16-18-30(28)37(20-9-5-8-14-34(39)40)32(35)12-6-4-7-13-33-36(3,19-10-22-54(42,43)44)29-24-26(53-52-51-41)15-17-31(29)38(33)21-11-23-55(45,46)47/h4,6-7,12-13,15-18,24-25H,5,8-11,14,19-23H2,1-3H3,(H4-,39,40,41,42,43,44,45,46,47,48,49,50)/p+1. The number of carbonyl (C=O) groups is 1. The number of aliphatic carboxylic acids is 1. The van der Waals surface area contributed by atoms with Crippen LogP contribution in [0.1, 0.15) is 76.8 Å². The molecule has 20 heteroatoms. The Morgan fingerprint density at radius 2 is 1.55 bits per heavy atom. The summed E-state index contributed by atoms with van der Waals surface area (Å²) in [7, 11) is -13.0. The summed E-state index contributed by atoms with van der Waals surface area (Å²) >= 11 is 0.727. The van der Waals surface area contributed by atoms with Gasteiger partial charge in [-0.3, -0.25) is 18.5 Å². The second-order valence-electron chi connectivity index (χ2n) is 14.2. The Balaban J connectivity index is 1.74. The number of allylic oxidation sites excluding steroid dienone is 6. The Hall–Kier alpha value is -3.44. The number of anilines is 1. The van der Waals surface area contributed by atoms with Gasteiger partial charge in [-0.1, -0.05) is 23.3 Å². The number of benzene rings is 2. The largest absolute Gasteiger partial charge is 0.481 e. The third kappa shape index (κ3) is 11.6. The Kier molecular flexibility index (Phi) is 14.9. The fraction of sp³-hybridized carbons (Fsp3) is 0.444. The highest BCUT2D eigenvalue weighted by atomic mass is 32.2. The number of rotatable bonds is 21. The van der Waals surface area contributed by atoms with Crippen LogP contribution in [0.4, 0.5) is 11.4 Å². The number of nitrogens with zero attached hydrogens (tertiary/aromatic N) is 2. The maximum absolute atomic E-state index is 12.0. The molecule has 0 aliphatic carbocycles. The molecule has 56 heavy (non-hydrogen) atoms. The van der Waals surface area contributed by atoms with Gasteiger partial charge in [-0.2, -0.15) is 29.8 Å². The van der Waals surface area contributed by atoms with Crippen molar-refractivity contribution in [3.8, 4) is 0 Å². The average molecular weight is 860 g/mol. The van der Waals surface area contributed by atoms with Crippen LogP contribution in [0, 0.1) is 0 Å². The Morgan fingerprint density at radius 3 is 2.20 bits per heavy atom. The van der Waals surface area contributed by atoms with Crippen molar-refractivity contribution in [3.05, 3.63) is 83.6 Å². The summed E-state index contributed by atoms with van der Waals surface area (Å²) in [5.41, 5.74) is 2.76. The van der Waals surface area contributed by atoms with Gasteiger partial charge in [0.05, 0.1) is 33.9 Å². The highest BCUT2D eigenvalue weighted by molar-refractivity contribution is 7.94. The van der Waals surface area contributed by atoms with E-state index in [2.05, 4.69) is 9.37 Å². The monoisotopic (exact) mass is 859 g/mol.